The smallest absolute Gasteiger partial charge is 0.258 e. The molecule has 2 N–H and O–H groups in total. The maximum atomic E-state index is 13.0. The second-order valence-corrected chi connectivity index (χ2v) is 5.10. The number of nitrogens with two attached hydrogens (primary N) is 1. The minimum absolute atomic E-state index is 0.206. The van der Waals surface area contributed by atoms with Crippen molar-refractivity contribution in [3.63, 3.8) is 0 Å². The molecule has 0 aliphatic carbocycles. The molecule has 0 amide bonds. The summed E-state index contributed by atoms with van der Waals surface area (Å²) in [5.41, 5.74) is 7.22. The van der Waals surface area contributed by atoms with Gasteiger partial charge in [0.1, 0.15) is 5.82 Å². The first-order valence-electron chi connectivity index (χ1n) is 5.89. The monoisotopic (exact) mass is 323 g/mol. The predicted octanol–water partition coefficient (Wildman–Crippen LogP) is 4.43. The molecule has 0 fully saturated rings. The lowest BCUT2D eigenvalue weighted by Crippen LogP contribution is -1.87. The van der Waals surface area contributed by atoms with E-state index in [4.69, 9.17) is 33.5 Å². The number of hydrogen-bond acceptors (Lipinski definition) is 4. The minimum Gasteiger partial charge on any atom is -0.398 e. The van der Waals surface area contributed by atoms with E-state index < -0.39 is 5.82 Å². The van der Waals surface area contributed by atoms with Gasteiger partial charge in [0.25, 0.3) is 5.89 Å². The number of rotatable bonds is 2. The third kappa shape index (κ3) is 2.70. The SMILES string of the molecule is Nc1ccc(-c2nc(-c3ccc(F)cc3Cl)no2)cc1Cl. The van der Waals surface area contributed by atoms with Crippen LogP contribution in [0.25, 0.3) is 22.8 Å². The van der Waals surface area contributed by atoms with Crippen molar-refractivity contribution in [3.8, 4) is 22.8 Å². The van der Waals surface area contributed by atoms with Crippen molar-refractivity contribution in [1.29, 1.82) is 0 Å². The van der Waals surface area contributed by atoms with Crippen LogP contribution < -0.4 is 5.73 Å². The summed E-state index contributed by atoms with van der Waals surface area (Å²) in [7, 11) is 0. The summed E-state index contributed by atoms with van der Waals surface area (Å²) in [4.78, 5) is 4.23. The van der Waals surface area contributed by atoms with Crippen LogP contribution in [0, 0.1) is 5.82 Å². The van der Waals surface area contributed by atoms with Gasteiger partial charge >= 0.3 is 0 Å². The molecule has 7 heteroatoms. The van der Waals surface area contributed by atoms with Crippen LogP contribution in [0.5, 0.6) is 0 Å². The summed E-state index contributed by atoms with van der Waals surface area (Å²) in [6.45, 7) is 0. The highest BCUT2D eigenvalue weighted by atomic mass is 35.5. The van der Waals surface area contributed by atoms with E-state index >= 15 is 0 Å². The molecule has 0 atom stereocenters. The van der Waals surface area contributed by atoms with Gasteiger partial charge in [0.05, 0.1) is 15.7 Å². The molecule has 0 aliphatic rings. The van der Waals surface area contributed by atoms with Crippen molar-refractivity contribution < 1.29 is 8.91 Å². The molecule has 3 aromatic rings. The molecule has 2 aromatic carbocycles. The number of anilines is 1. The molecule has 1 heterocycles. The first-order valence-corrected chi connectivity index (χ1v) is 6.65. The van der Waals surface area contributed by atoms with E-state index in [2.05, 4.69) is 10.1 Å². The van der Waals surface area contributed by atoms with Gasteiger partial charge in [0, 0.05) is 11.1 Å². The Morgan fingerprint density at radius 2 is 1.86 bits per heavy atom. The van der Waals surface area contributed by atoms with Gasteiger partial charge in [0.2, 0.25) is 5.82 Å². The molecule has 0 saturated carbocycles. The van der Waals surface area contributed by atoms with Crippen LogP contribution in [0.3, 0.4) is 0 Å². The molecular formula is C14H8Cl2FN3O. The van der Waals surface area contributed by atoms with E-state index in [0.717, 1.165) is 0 Å². The Bertz CT molecular complexity index is 820. The fraction of sp³-hybridized carbons (Fsp3) is 0. The summed E-state index contributed by atoms with van der Waals surface area (Å²) in [6, 6.07) is 8.93. The summed E-state index contributed by atoms with van der Waals surface area (Å²) < 4.78 is 18.2. The summed E-state index contributed by atoms with van der Waals surface area (Å²) in [5.74, 6) is 0.105. The van der Waals surface area contributed by atoms with E-state index in [1.807, 2.05) is 0 Å². The summed E-state index contributed by atoms with van der Waals surface area (Å²) in [5, 5.41) is 4.44. The lowest BCUT2D eigenvalue weighted by molar-refractivity contribution is 0.432. The molecule has 0 radical (unpaired) electrons. The van der Waals surface area contributed by atoms with Crippen molar-refractivity contribution in [2.45, 2.75) is 0 Å². The number of benzene rings is 2. The Kier molecular flexibility index (Phi) is 3.53. The number of nitrogen functional groups attached to an aromatic ring is 1. The Labute approximate surface area is 129 Å². The zero-order valence-corrected chi connectivity index (χ0v) is 12.0. The normalized spacial score (nSPS) is 10.8. The Morgan fingerprint density at radius 3 is 2.57 bits per heavy atom. The molecular weight excluding hydrogens is 316 g/mol. The molecule has 0 unspecified atom stereocenters. The number of hydrogen-bond donors (Lipinski definition) is 1. The van der Waals surface area contributed by atoms with Gasteiger partial charge in [-0.25, -0.2) is 4.39 Å². The van der Waals surface area contributed by atoms with Crippen molar-refractivity contribution in [1.82, 2.24) is 10.1 Å². The Morgan fingerprint density at radius 1 is 1.05 bits per heavy atom. The highest BCUT2D eigenvalue weighted by Crippen LogP contribution is 2.30. The quantitative estimate of drug-likeness (QED) is 0.708. The van der Waals surface area contributed by atoms with Crippen LogP contribution in [0.2, 0.25) is 10.0 Å². The lowest BCUT2D eigenvalue weighted by Gasteiger charge is -1.99. The van der Waals surface area contributed by atoms with E-state index in [9.17, 15) is 4.39 Å². The van der Waals surface area contributed by atoms with Crippen molar-refractivity contribution in [3.05, 3.63) is 52.3 Å². The molecule has 3 rings (SSSR count). The van der Waals surface area contributed by atoms with Crippen LogP contribution in [0.1, 0.15) is 0 Å². The maximum absolute atomic E-state index is 13.0. The van der Waals surface area contributed by atoms with Gasteiger partial charge in [-0.2, -0.15) is 4.98 Å². The van der Waals surface area contributed by atoms with Crippen molar-refractivity contribution >= 4 is 28.9 Å². The zero-order chi connectivity index (χ0) is 15.0. The fourth-order valence-electron chi connectivity index (χ4n) is 1.78. The van der Waals surface area contributed by atoms with Crippen LogP contribution in [0.15, 0.2) is 40.9 Å². The molecule has 0 aliphatic heterocycles. The van der Waals surface area contributed by atoms with Crippen LogP contribution in [0.4, 0.5) is 10.1 Å². The highest BCUT2D eigenvalue weighted by Gasteiger charge is 2.14. The first kappa shape index (κ1) is 13.9. The largest absolute Gasteiger partial charge is 0.398 e. The molecule has 21 heavy (non-hydrogen) atoms. The van der Waals surface area contributed by atoms with Gasteiger partial charge in [-0.3, -0.25) is 0 Å². The summed E-state index contributed by atoms with van der Waals surface area (Å²) >= 11 is 11.9. The van der Waals surface area contributed by atoms with Crippen LogP contribution in [-0.4, -0.2) is 10.1 Å². The second-order valence-electron chi connectivity index (χ2n) is 4.28. The molecule has 0 bridgehead atoms. The van der Waals surface area contributed by atoms with Gasteiger partial charge < -0.3 is 10.3 Å². The number of aromatic nitrogens is 2. The van der Waals surface area contributed by atoms with E-state index in [0.29, 0.717) is 21.8 Å². The number of halogens is 3. The van der Waals surface area contributed by atoms with Crippen molar-refractivity contribution in [2.24, 2.45) is 0 Å². The van der Waals surface area contributed by atoms with Gasteiger partial charge in [-0.15, -0.1) is 0 Å². The second kappa shape index (κ2) is 5.35. The van der Waals surface area contributed by atoms with Crippen LogP contribution in [-0.2, 0) is 0 Å². The van der Waals surface area contributed by atoms with E-state index in [1.54, 1.807) is 18.2 Å². The molecule has 1 aromatic heterocycles. The standard InChI is InChI=1S/C14H8Cl2FN3O/c15-10-6-8(17)2-3-9(10)13-19-14(21-20-13)7-1-4-12(18)11(16)5-7/h1-6H,18H2. The van der Waals surface area contributed by atoms with Gasteiger partial charge in [-0.05, 0) is 36.4 Å². The maximum Gasteiger partial charge on any atom is 0.258 e. The fourth-order valence-corrected chi connectivity index (χ4v) is 2.21. The summed E-state index contributed by atoms with van der Waals surface area (Å²) in [6.07, 6.45) is 0. The topological polar surface area (TPSA) is 64.9 Å². The van der Waals surface area contributed by atoms with Gasteiger partial charge in [0.15, 0.2) is 0 Å². The Balaban J connectivity index is 2.01. The predicted molar refractivity (Wildman–Crippen MR) is 79.6 cm³/mol. The molecule has 0 spiro atoms. The third-order valence-electron chi connectivity index (χ3n) is 2.85. The average molecular weight is 324 g/mol. The van der Waals surface area contributed by atoms with Crippen LogP contribution >= 0.6 is 23.2 Å². The van der Waals surface area contributed by atoms with Crippen molar-refractivity contribution in [2.75, 3.05) is 5.73 Å². The average Bonchev–Trinajstić information content (AvgIpc) is 2.91. The lowest BCUT2D eigenvalue weighted by atomic mass is 10.2. The van der Waals surface area contributed by atoms with E-state index in [1.165, 1.54) is 18.2 Å². The highest BCUT2D eigenvalue weighted by molar-refractivity contribution is 6.33. The minimum atomic E-state index is -0.433. The Hall–Kier alpha value is -2.11. The third-order valence-corrected chi connectivity index (χ3v) is 3.49. The first-order chi connectivity index (χ1) is 10.0. The molecule has 106 valence electrons. The van der Waals surface area contributed by atoms with E-state index in [-0.39, 0.29) is 16.7 Å². The molecule has 0 saturated heterocycles. The number of nitrogens with zero attached hydrogens (tertiary/aromatic N) is 2. The zero-order valence-electron chi connectivity index (χ0n) is 10.5. The van der Waals surface area contributed by atoms with Gasteiger partial charge in [-0.1, -0.05) is 28.4 Å². The molecule has 4 nitrogen and oxygen atoms in total.